The summed E-state index contributed by atoms with van der Waals surface area (Å²) < 4.78 is 1.55. The predicted molar refractivity (Wildman–Crippen MR) is 81.2 cm³/mol. The van der Waals surface area contributed by atoms with Gasteiger partial charge in [-0.15, -0.1) is 0 Å². The number of imidazole rings is 1. The van der Waals surface area contributed by atoms with Crippen LogP contribution in [-0.4, -0.2) is 40.6 Å². The van der Waals surface area contributed by atoms with Crippen molar-refractivity contribution >= 4 is 5.97 Å². The average molecular weight is 310 g/mol. The SMILES string of the molecule is CC(C)c1cc(-n2cnc(C(=O)O)c2)nc(-c2cnccn2)n1. The van der Waals surface area contributed by atoms with E-state index in [0.717, 1.165) is 5.69 Å². The summed E-state index contributed by atoms with van der Waals surface area (Å²) in [5.74, 6) is 0.0555. The van der Waals surface area contributed by atoms with E-state index in [4.69, 9.17) is 5.11 Å². The molecule has 3 aromatic rings. The molecule has 0 radical (unpaired) electrons. The monoisotopic (exact) mass is 310 g/mol. The van der Waals surface area contributed by atoms with Crippen molar-refractivity contribution in [3.63, 3.8) is 0 Å². The van der Waals surface area contributed by atoms with Crippen molar-refractivity contribution in [2.45, 2.75) is 19.8 Å². The normalized spacial score (nSPS) is 10.9. The van der Waals surface area contributed by atoms with Gasteiger partial charge in [0.1, 0.15) is 17.8 Å². The Bertz CT molecular complexity index is 844. The van der Waals surface area contributed by atoms with Gasteiger partial charge < -0.3 is 5.11 Å². The summed E-state index contributed by atoms with van der Waals surface area (Å²) in [6.07, 6.45) is 7.55. The number of carboxylic acid groups (broad SMARTS) is 1. The third kappa shape index (κ3) is 3.05. The summed E-state index contributed by atoms with van der Waals surface area (Å²) in [5, 5.41) is 8.99. The second kappa shape index (κ2) is 5.91. The molecule has 0 atom stereocenters. The summed E-state index contributed by atoms with van der Waals surface area (Å²) in [5.41, 5.74) is 1.33. The first-order valence-corrected chi connectivity index (χ1v) is 6.97. The van der Waals surface area contributed by atoms with E-state index in [1.807, 2.05) is 13.8 Å². The predicted octanol–water partition coefficient (Wildman–Crippen LogP) is 1.94. The number of rotatable bonds is 4. The second-order valence-corrected chi connectivity index (χ2v) is 5.19. The maximum atomic E-state index is 11.0. The summed E-state index contributed by atoms with van der Waals surface area (Å²) in [7, 11) is 0. The van der Waals surface area contributed by atoms with Gasteiger partial charge in [0, 0.05) is 30.4 Å². The highest BCUT2D eigenvalue weighted by Crippen LogP contribution is 2.20. The molecule has 8 heteroatoms. The first kappa shape index (κ1) is 14.8. The minimum atomic E-state index is -1.09. The Labute approximate surface area is 131 Å². The molecule has 0 aromatic carbocycles. The van der Waals surface area contributed by atoms with E-state index in [2.05, 4.69) is 24.9 Å². The van der Waals surface area contributed by atoms with E-state index in [9.17, 15) is 4.79 Å². The van der Waals surface area contributed by atoms with Crippen molar-refractivity contribution in [1.82, 2.24) is 29.5 Å². The Morgan fingerprint density at radius 1 is 1.22 bits per heavy atom. The fourth-order valence-corrected chi connectivity index (χ4v) is 1.97. The van der Waals surface area contributed by atoms with Gasteiger partial charge in [0.05, 0.1) is 6.20 Å². The lowest BCUT2D eigenvalue weighted by molar-refractivity contribution is 0.0691. The Morgan fingerprint density at radius 2 is 2.04 bits per heavy atom. The molecule has 1 N–H and O–H groups in total. The lowest BCUT2D eigenvalue weighted by Crippen LogP contribution is -2.05. The molecule has 0 spiro atoms. The van der Waals surface area contributed by atoms with Crippen LogP contribution in [0.25, 0.3) is 17.3 Å². The van der Waals surface area contributed by atoms with Crippen molar-refractivity contribution in [3.8, 4) is 17.3 Å². The average Bonchev–Trinajstić information content (AvgIpc) is 3.05. The first-order valence-electron chi connectivity index (χ1n) is 6.97. The number of hydrogen-bond acceptors (Lipinski definition) is 6. The highest BCUT2D eigenvalue weighted by molar-refractivity contribution is 5.85. The van der Waals surface area contributed by atoms with Crippen LogP contribution in [0.15, 0.2) is 37.2 Å². The smallest absolute Gasteiger partial charge is 0.356 e. The van der Waals surface area contributed by atoms with Gasteiger partial charge in [-0.25, -0.2) is 24.7 Å². The number of carboxylic acids is 1. The van der Waals surface area contributed by atoms with Crippen LogP contribution in [0.3, 0.4) is 0 Å². The molecule has 8 nitrogen and oxygen atoms in total. The Kier molecular flexibility index (Phi) is 3.80. The van der Waals surface area contributed by atoms with E-state index >= 15 is 0 Å². The van der Waals surface area contributed by atoms with Crippen LogP contribution in [0.2, 0.25) is 0 Å². The Balaban J connectivity index is 2.12. The van der Waals surface area contributed by atoms with E-state index in [0.29, 0.717) is 17.3 Å². The molecule has 0 saturated heterocycles. The molecule has 0 unspecified atom stereocenters. The fourth-order valence-electron chi connectivity index (χ4n) is 1.97. The van der Waals surface area contributed by atoms with Crippen LogP contribution in [-0.2, 0) is 0 Å². The summed E-state index contributed by atoms with van der Waals surface area (Å²) >= 11 is 0. The van der Waals surface area contributed by atoms with Crippen molar-refractivity contribution < 1.29 is 9.90 Å². The third-order valence-corrected chi connectivity index (χ3v) is 3.18. The van der Waals surface area contributed by atoms with Gasteiger partial charge in [-0.3, -0.25) is 9.55 Å². The molecule has 0 aliphatic heterocycles. The van der Waals surface area contributed by atoms with Gasteiger partial charge in [-0.2, -0.15) is 0 Å². The highest BCUT2D eigenvalue weighted by atomic mass is 16.4. The Morgan fingerprint density at radius 3 is 2.65 bits per heavy atom. The molecule has 116 valence electrons. The van der Waals surface area contributed by atoms with E-state index in [1.165, 1.54) is 12.5 Å². The highest BCUT2D eigenvalue weighted by Gasteiger charge is 2.13. The molecule has 0 aliphatic carbocycles. The molecule has 0 saturated carbocycles. The van der Waals surface area contributed by atoms with Crippen LogP contribution >= 0.6 is 0 Å². The molecular weight excluding hydrogens is 296 g/mol. The second-order valence-electron chi connectivity index (χ2n) is 5.19. The minimum Gasteiger partial charge on any atom is -0.476 e. The Hall–Kier alpha value is -3.16. The van der Waals surface area contributed by atoms with Crippen LogP contribution in [0.1, 0.15) is 35.9 Å². The molecule has 0 fully saturated rings. The number of aromatic carboxylic acids is 1. The molecular formula is C15H14N6O2. The number of carbonyl (C=O) groups is 1. The molecule has 0 bridgehead atoms. The van der Waals surface area contributed by atoms with Gasteiger partial charge in [0.2, 0.25) is 0 Å². The number of aromatic nitrogens is 6. The third-order valence-electron chi connectivity index (χ3n) is 3.18. The van der Waals surface area contributed by atoms with Crippen LogP contribution in [0.5, 0.6) is 0 Å². The zero-order valence-electron chi connectivity index (χ0n) is 12.6. The number of hydrogen-bond donors (Lipinski definition) is 1. The first-order chi connectivity index (χ1) is 11.0. The lowest BCUT2D eigenvalue weighted by Gasteiger charge is -2.10. The van der Waals surface area contributed by atoms with E-state index in [-0.39, 0.29) is 11.6 Å². The summed E-state index contributed by atoms with van der Waals surface area (Å²) in [6, 6.07) is 1.80. The molecule has 0 aliphatic rings. The zero-order valence-corrected chi connectivity index (χ0v) is 12.6. The van der Waals surface area contributed by atoms with Crippen molar-refractivity contribution in [1.29, 1.82) is 0 Å². The van der Waals surface area contributed by atoms with Gasteiger partial charge >= 0.3 is 5.97 Å². The van der Waals surface area contributed by atoms with Crippen molar-refractivity contribution in [2.24, 2.45) is 0 Å². The van der Waals surface area contributed by atoms with Gasteiger partial charge in [-0.1, -0.05) is 13.8 Å². The summed E-state index contributed by atoms with van der Waals surface area (Å²) in [6.45, 7) is 4.03. The van der Waals surface area contributed by atoms with E-state index in [1.54, 1.807) is 29.2 Å². The molecule has 3 heterocycles. The van der Waals surface area contributed by atoms with Crippen molar-refractivity contribution in [3.05, 3.63) is 48.6 Å². The lowest BCUT2D eigenvalue weighted by atomic mass is 10.1. The maximum Gasteiger partial charge on any atom is 0.356 e. The zero-order chi connectivity index (χ0) is 16.4. The van der Waals surface area contributed by atoms with Crippen LogP contribution in [0.4, 0.5) is 0 Å². The van der Waals surface area contributed by atoms with Crippen LogP contribution in [0, 0.1) is 0 Å². The standard InChI is InChI=1S/C15H14N6O2/c1-9(2)10-5-13(21-7-12(15(22)23)18-8-21)20-14(19-10)11-6-16-3-4-17-11/h3-9H,1-2H3,(H,22,23). The quantitative estimate of drug-likeness (QED) is 0.784. The van der Waals surface area contributed by atoms with Crippen molar-refractivity contribution in [2.75, 3.05) is 0 Å². The van der Waals surface area contributed by atoms with E-state index < -0.39 is 5.97 Å². The largest absolute Gasteiger partial charge is 0.476 e. The van der Waals surface area contributed by atoms with Gasteiger partial charge in [0.15, 0.2) is 11.5 Å². The molecule has 0 amide bonds. The van der Waals surface area contributed by atoms with Gasteiger partial charge in [-0.05, 0) is 5.92 Å². The molecule has 3 aromatic heterocycles. The fraction of sp³-hybridized carbons (Fsp3) is 0.200. The topological polar surface area (TPSA) is 107 Å². The van der Waals surface area contributed by atoms with Gasteiger partial charge in [0.25, 0.3) is 0 Å². The number of nitrogens with zero attached hydrogens (tertiary/aromatic N) is 6. The maximum absolute atomic E-state index is 11.0. The molecule has 23 heavy (non-hydrogen) atoms. The minimum absolute atomic E-state index is 0.0456. The molecule has 3 rings (SSSR count). The van der Waals surface area contributed by atoms with Crippen LogP contribution < -0.4 is 0 Å². The summed E-state index contributed by atoms with van der Waals surface area (Å²) in [4.78, 5) is 32.0.